The smallest absolute Gasteiger partial charge is 0.272 e. The second-order valence-corrected chi connectivity index (χ2v) is 12.1. The fourth-order valence-electron chi connectivity index (χ4n) is 5.52. The van der Waals surface area contributed by atoms with E-state index in [9.17, 15) is 18.8 Å². The molecule has 1 heterocycles. The maximum absolute atomic E-state index is 14.5. The third-order valence-electron chi connectivity index (χ3n) is 7.81. The molecule has 0 bridgehead atoms. The predicted octanol–water partition coefficient (Wildman–Crippen LogP) is 5.57. The van der Waals surface area contributed by atoms with Crippen LogP contribution < -0.4 is 20.9 Å². The topological polar surface area (TPSA) is 175 Å². The van der Waals surface area contributed by atoms with Crippen LogP contribution in [0.3, 0.4) is 0 Å². The maximum atomic E-state index is 14.5. The number of nitrogens with two attached hydrogens (primary N) is 2. The molecule has 6 N–H and O–H groups in total. The number of methoxy groups -OCH3 is 2. The van der Waals surface area contributed by atoms with Crippen molar-refractivity contribution in [2.24, 2.45) is 21.8 Å². The van der Waals surface area contributed by atoms with Gasteiger partial charge >= 0.3 is 0 Å². The number of oxime groups is 2. The number of hydrogen-bond donors (Lipinski definition) is 4. The summed E-state index contributed by atoms with van der Waals surface area (Å²) in [5.74, 6) is 0.536. The molecule has 6 aromatic rings. The summed E-state index contributed by atoms with van der Waals surface area (Å²) in [6.45, 7) is 0. The molecule has 0 atom stereocenters. The summed E-state index contributed by atoms with van der Waals surface area (Å²) in [5.41, 5.74) is 16.8. The van der Waals surface area contributed by atoms with Gasteiger partial charge < -0.3 is 31.4 Å². The highest BCUT2D eigenvalue weighted by Gasteiger charge is 2.27. The van der Waals surface area contributed by atoms with Crippen molar-refractivity contribution in [3.63, 3.8) is 0 Å². The molecule has 0 fully saturated rings. The van der Waals surface area contributed by atoms with Crippen LogP contribution in [0.25, 0.3) is 44.1 Å². The van der Waals surface area contributed by atoms with Crippen LogP contribution in [0, 0.1) is 0 Å². The molecule has 6 rings (SSSR count). The minimum absolute atomic E-state index is 0.0271. The first-order valence-corrected chi connectivity index (χ1v) is 15.4. The van der Waals surface area contributed by atoms with Gasteiger partial charge in [0.1, 0.15) is 16.4 Å². The minimum Gasteiger partial charge on any atom is -0.497 e. The zero-order chi connectivity index (χ0) is 32.6. The summed E-state index contributed by atoms with van der Waals surface area (Å²) >= 11 is 0. The summed E-state index contributed by atoms with van der Waals surface area (Å²) in [7, 11) is -1.30. The number of fused-ring (bicyclic) bond motifs is 3. The average molecular weight is 636 g/mol. The van der Waals surface area contributed by atoms with E-state index in [1.54, 1.807) is 54.6 Å². The largest absolute Gasteiger partial charge is 0.497 e. The van der Waals surface area contributed by atoms with E-state index in [0.29, 0.717) is 38.7 Å². The van der Waals surface area contributed by atoms with Gasteiger partial charge in [-0.05, 0) is 70.8 Å². The van der Waals surface area contributed by atoms with Gasteiger partial charge in [0.15, 0.2) is 11.7 Å². The molecule has 12 heteroatoms. The summed E-state index contributed by atoms with van der Waals surface area (Å²) < 4.78 is 41.0. The molecule has 0 aliphatic carbocycles. The van der Waals surface area contributed by atoms with E-state index in [1.807, 2.05) is 36.4 Å². The molecule has 0 radical (unpaired) electrons. The summed E-state index contributed by atoms with van der Waals surface area (Å²) in [6.07, 6.45) is 0. The molecule has 46 heavy (non-hydrogen) atoms. The summed E-state index contributed by atoms with van der Waals surface area (Å²) in [5, 5.41) is 25.9. The molecule has 232 valence electrons. The van der Waals surface area contributed by atoms with Crippen molar-refractivity contribution in [2.45, 2.75) is 4.90 Å². The Bertz CT molecular complexity index is 2190. The number of rotatable bonds is 8. The van der Waals surface area contributed by atoms with Crippen molar-refractivity contribution in [1.29, 1.82) is 0 Å². The van der Waals surface area contributed by atoms with E-state index in [4.69, 9.17) is 20.9 Å². The quantitative estimate of drug-likeness (QED) is 0.0726. The Morgan fingerprint density at radius 2 is 1.15 bits per heavy atom. The van der Waals surface area contributed by atoms with Gasteiger partial charge in [0.05, 0.1) is 25.3 Å². The standard InChI is InChI=1S/C34H29N5O6S/c1-44-26-11-14-32(31(19-26)45-2)46(42,43)39-29-12-9-22(20-5-3-7-24(15-20)33(35)37-40)17-27(29)28-18-23(10-13-30(28)39)21-6-4-8-25(16-21)34(36)38-41/h3-19,40-41H,1-2H3,(H2,35,37)(H2,36,38). The van der Waals surface area contributed by atoms with Gasteiger partial charge in [0, 0.05) is 28.0 Å². The molecule has 0 saturated carbocycles. The monoisotopic (exact) mass is 635 g/mol. The third-order valence-corrected chi connectivity index (χ3v) is 9.58. The number of aromatic nitrogens is 1. The first-order valence-electron chi connectivity index (χ1n) is 13.9. The van der Waals surface area contributed by atoms with Gasteiger partial charge in [0.2, 0.25) is 0 Å². The van der Waals surface area contributed by atoms with Gasteiger partial charge in [-0.2, -0.15) is 0 Å². The van der Waals surface area contributed by atoms with E-state index < -0.39 is 10.0 Å². The van der Waals surface area contributed by atoms with Crippen LogP contribution >= 0.6 is 0 Å². The Hall–Kier alpha value is -6.01. The highest BCUT2D eigenvalue weighted by Crippen LogP contribution is 2.39. The van der Waals surface area contributed by atoms with E-state index in [0.717, 1.165) is 22.3 Å². The van der Waals surface area contributed by atoms with Crippen LogP contribution in [0.1, 0.15) is 11.1 Å². The van der Waals surface area contributed by atoms with Crippen LogP contribution in [0.4, 0.5) is 0 Å². The van der Waals surface area contributed by atoms with Crippen LogP contribution in [0.2, 0.25) is 0 Å². The Kier molecular flexibility index (Phi) is 7.72. The summed E-state index contributed by atoms with van der Waals surface area (Å²) in [6, 6.07) is 30.0. The van der Waals surface area contributed by atoms with Gasteiger partial charge in [-0.3, -0.25) is 0 Å². The highest BCUT2D eigenvalue weighted by atomic mass is 32.2. The molecule has 0 aliphatic heterocycles. The Morgan fingerprint density at radius 3 is 1.61 bits per heavy atom. The lowest BCUT2D eigenvalue weighted by Gasteiger charge is -2.14. The number of benzene rings is 5. The van der Waals surface area contributed by atoms with Gasteiger partial charge in [-0.1, -0.05) is 58.8 Å². The SMILES string of the molecule is COc1ccc(S(=O)(=O)n2c3ccc(-c4cccc(/C(N)=N/O)c4)cc3c3cc(-c4cccc(/C(N)=N/O)c4)ccc32)c(OC)c1. The molecule has 11 nitrogen and oxygen atoms in total. The van der Waals surface area contributed by atoms with E-state index in [2.05, 4.69) is 10.3 Å². The molecule has 1 aromatic heterocycles. The number of ether oxygens (including phenoxy) is 2. The molecule has 5 aromatic carbocycles. The van der Waals surface area contributed by atoms with Crippen LogP contribution in [0.5, 0.6) is 11.5 Å². The second-order valence-electron chi connectivity index (χ2n) is 10.4. The van der Waals surface area contributed by atoms with Crippen molar-refractivity contribution in [1.82, 2.24) is 3.97 Å². The van der Waals surface area contributed by atoms with Crippen LogP contribution in [0.15, 0.2) is 118 Å². The first kappa shape index (κ1) is 30.0. The van der Waals surface area contributed by atoms with Crippen molar-refractivity contribution < 1.29 is 28.3 Å². The van der Waals surface area contributed by atoms with Crippen molar-refractivity contribution in [3.8, 4) is 33.8 Å². The van der Waals surface area contributed by atoms with E-state index >= 15 is 0 Å². The Balaban J connectivity index is 1.64. The molecule has 0 aliphatic rings. The zero-order valence-electron chi connectivity index (χ0n) is 24.7. The molecule has 0 amide bonds. The Morgan fingerprint density at radius 1 is 0.652 bits per heavy atom. The molecular weight excluding hydrogens is 606 g/mol. The molecular formula is C34H29N5O6S. The lowest BCUT2D eigenvalue weighted by molar-refractivity contribution is 0.318. The van der Waals surface area contributed by atoms with Crippen molar-refractivity contribution in [3.05, 3.63) is 114 Å². The van der Waals surface area contributed by atoms with Gasteiger partial charge in [-0.15, -0.1) is 0 Å². The minimum atomic E-state index is -4.20. The normalized spacial score (nSPS) is 12.5. The molecule has 0 unspecified atom stereocenters. The highest BCUT2D eigenvalue weighted by molar-refractivity contribution is 7.90. The van der Waals surface area contributed by atoms with Gasteiger partial charge in [0.25, 0.3) is 10.0 Å². The lowest BCUT2D eigenvalue weighted by Crippen LogP contribution is -2.14. The first-order chi connectivity index (χ1) is 22.2. The van der Waals surface area contributed by atoms with E-state index in [-0.39, 0.29) is 22.3 Å². The second kappa shape index (κ2) is 11.8. The van der Waals surface area contributed by atoms with Gasteiger partial charge in [-0.25, -0.2) is 12.4 Å². The average Bonchev–Trinajstić information content (AvgIpc) is 3.44. The van der Waals surface area contributed by atoms with Crippen molar-refractivity contribution >= 4 is 43.5 Å². The number of amidine groups is 2. The van der Waals surface area contributed by atoms with Crippen LogP contribution in [-0.2, 0) is 10.0 Å². The summed E-state index contributed by atoms with van der Waals surface area (Å²) in [4.78, 5) is -0.0271. The number of nitrogens with zero attached hydrogens (tertiary/aromatic N) is 3. The lowest BCUT2D eigenvalue weighted by atomic mass is 9.98. The van der Waals surface area contributed by atoms with Crippen molar-refractivity contribution in [2.75, 3.05) is 14.2 Å². The van der Waals surface area contributed by atoms with Crippen LogP contribution in [-0.4, -0.2) is 48.7 Å². The van der Waals surface area contributed by atoms with E-state index in [1.165, 1.54) is 30.3 Å². The fraction of sp³-hybridized carbons (Fsp3) is 0.0588. The zero-order valence-corrected chi connectivity index (χ0v) is 25.6. The molecule has 0 saturated heterocycles. The Labute approximate surface area is 264 Å². The predicted molar refractivity (Wildman–Crippen MR) is 177 cm³/mol. The number of hydrogen-bond acceptors (Lipinski definition) is 8. The molecule has 0 spiro atoms. The third kappa shape index (κ3) is 5.10. The maximum Gasteiger partial charge on any atom is 0.272 e. The fourth-order valence-corrected chi connectivity index (χ4v) is 7.19.